The van der Waals surface area contributed by atoms with Crippen molar-refractivity contribution < 1.29 is 12.9 Å². The van der Waals surface area contributed by atoms with Crippen molar-refractivity contribution in [3.05, 3.63) is 35.9 Å². The average molecular weight is 334 g/mol. The van der Waals surface area contributed by atoms with Crippen molar-refractivity contribution in [1.29, 1.82) is 0 Å². The zero-order valence-electron chi connectivity index (χ0n) is 13.4. The average Bonchev–Trinajstić information content (AvgIpc) is 3.01. The van der Waals surface area contributed by atoms with Gasteiger partial charge in [0.05, 0.1) is 5.52 Å². The van der Waals surface area contributed by atoms with E-state index in [4.69, 9.17) is 4.52 Å². The van der Waals surface area contributed by atoms with Crippen molar-refractivity contribution in [2.24, 2.45) is 0 Å². The second-order valence-electron chi connectivity index (χ2n) is 5.74. The fourth-order valence-electron chi connectivity index (χ4n) is 2.44. The van der Waals surface area contributed by atoms with Crippen LogP contribution in [0.2, 0.25) is 0 Å². The van der Waals surface area contributed by atoms with Crippen LogP contribution in [0.3, 0.4) is 0 Å². The lowest BCUT2D eigenvalue weighted by molar-refractivity contribution is 0.390. The van der Waals surface area contributed by atoms with Gasteiger partial charge in [0.15, 0.2) is 10.7 Å². The minimum atomic E-state index is -3.74. The Morgan fingerprint density at radius 2 is 2.00 bits per heavy atom. The first-order valence-corrected chi connectivity index (χ1v) is 8.71. The molecule has 1 N–H and O–H groups in total. The van der Waals surface area contributed by atoms with Crippen molar-refractivity contribution in [2.45, 2.75) is 38.6 Å². The highest BCUT2D eigenvalue weighted by atomic mass is 32.2. The first-order valence-electron chi connectivity index (χ1n) is 7.22. The number of anilines is 1. The number of nitrogens with zero attached hydrogens (tertiary/aromatic N) is 3. The van der Waals surface area contributed by atoms with Crippen LogP contribution in [0.15, 0.2) is 33.8 Å². The highest BCUT2D eigenvalue weighted by Crippen LogP contribution is 2.25. The van der Waals surface area contributed by atoms with Crippen molar-refractivity contribution in [3.63, 3.8) is 0 Å². The molecule has 8 heteroatoms. The van der Waals surface area contributed by atoms with Gasteiger partial charge in [-0.15, -0.1) is 0 Å². The maximum absolute atomic E-state index is 12.5. The maximum Gasteiger partial charge on any atom is 0.267 e. The normalized spacial score (nSPS) is 12.2. The van der Waals surface area contributed by atoms with E-state index < -0.39 is 10.0 Å². The number of fused-ring (bicyclic) bond motifs is 1. The number of aryl methyl sites for hydroxylation is 2. The first-order chi connectivity index (χ1) is 10.8. The van der Waals surface area contributed by atoms with Crippen molar-refractivity contribution >= 4 is 26.6 Å². The molecule has 23 heavy (non-hydrogen) atoms. The van der Waals surface area contributed by atoms with E-state index in [1.54, 1.807) is 32.0 Å². The molecule has 3 aromatic rings. The SMILES string of the molecule is Cc1noc(C)c1S(=O)(=O)Nc1ccc2nn(C(C)C)cc2c1. The van der Waals surface area contributed by atoms with Crippen LogP contribution in [0.5, 0.6) is 0 Å². The molecule has 0 fully saturated rings. The third-order valence-corrected chi connectivity index (χ3v) is 5.16. The molecule has 122 valence electrons. The Hall–Kier alpha value is -2.35. The first kappa shape index (κ1) is 15.5. The Morgan fingerprint density at radius 3 is 2.61 bits per heavy atom. The Kier molecular flexibility index (Phi) is 3.63. The summed E-state index contributed by atoms with van der Waals surface area (Å²) in [6.07, 6.45) is 1.90. The van der Waals surface area contributed by atoms with E-state index in [0.29, 0.717) is 11.4 Å². The topological polar surface area (TPSA) is 90.0 Å². The van der Waals surface area contributed by atoms with Gasteiger partial charge in [-0.05, 0) is 45.9 Å². The quantitative estimate of drug-likeness (QED) is 0.792. The number of aromatic nitrogens is 3. The summed E-state index contributed by atoms with van der Waals surface area (Å²) in [6, 6.07) is 5.48. The van der Waals surface area contributed by atoms with Gasteiger partial charge in [-0.1, -0.05) is 5.16 Å². The molecule has 0 saturated carbocycles. The van der Waals surface area contributed by atoms with Crippen molar-refractivity contribution in [3.8, 4) is 0 Å². The summed E-state index contributed by atoms with van der Waals surface area (Å²) < 4.78 is 34.4. The Balaban J connectivity index is 1.98. The fourth-order valence-corrected chi connectivity index (χ4v) is 3.82. The molecule has 0 aliphatic heterocycles. The number of benzene rings is 1. The monoisotopic (exact) mass is 334 g/mol. The molecule has 0 unspecified atom stereocenters. The van der Waals surface area contributed by atoms with E-state index in [2.05, 4.69) is 15.0 Å². The third-order valence-electron chi connectivity index (χ3n) is 3.54. The van der Waals surface area contributed by atoms with E-state index >= 15 is 0 Å². The summed E-state index contributed by atoms with van der Waals surface area (Å²) >= 11 is 0. The molecule has 0 aliphatic carbocycles. The van der Waals surface area contributed by atoms with Gasteiger partial charge in [0.1, 0.15) is 5.69 Å². The Labute approximate surface area is 134 Å². The van der Waals surface area contributed by atoms with Crippen LogP contribution in [0.1, 0.15) is 31.3 Å². The number of sulfonamides is 1. The highest BCUT2D eigenvalue weighted by molar-refractivity contribution is 7.92. The summed E-state index contributed by atoms with van der Waals surface area (Å²) in [6.45, 7) is 7.24. The number of hydrogen-bond donors (Lipinski definition) is 1. The summed E-state index contributed by atoms with van der Waals surface area (Å²) in [5, 5.41) is 9.00. The molecule has 2 aromatic heterocycles. The predicted octanol–water partition coefficient (Wildman–Crippen LogP) is 3.02. The lowest BCUT2D eigenvalue weighted by atomic mass is 10.2. The van der Waals surface area contributed by atoms with E-state index in [-0.39, 0.29) is 16.7 Å². The minimum Gasteiger partial charge on any atom is -0.360 e. The van der Waals surface area contributed by atoms with Crippen LogP contribution in [0.4, 0.5) is 5.69 Å². The molecule has 0 atom stereocenters. The molecule has 7 nitrogen and oxygen atoms in total. The van der Waals surface area contributed by atoms with Gasteiger partial charge in [-0.25, -0.2) is 8.42 Å². The number of rotatable bonds is 4. The van der Waals surface area contributed by atoms with Gasteiger partial charge in [-0.3, -0.25) is 9.40 Å². The van der Waals surface area contributed by atoms with Crippen LogP contribution in [0.25, 0.3) is 10.9 Å². The lowest BCUT2D eigenvalue weighted by Gasteiger charge is -2.07. The summed E-state index contributed by atoms with van der Waals surface area (Å²) in [5.41, 5.74) is 1.63. The second kappa shape index (κ2) is 5.38. The summed E-state index contributed by atoms with van der Waals surface area (Å²) in [5.74, 6) is 0.267. The predicted molar refractivity (Wildman–Crippen MR) is 86.9 cm³/mol. The molecule has 0 spiro atoms. The molecule has 0 amide bonds. The van der Waals surface area contributed by atoms with Gasteiger partial charge in [0, 0.05) is 23.3 Å². The van der Waals surface area contributed by atoms with Gasteiger partial charge < -0.3 is 4.52 Å². The smallest absolute Gasteiger partial charge is 0.267 e. The van der Waals surface area contributed by atoms with Crippen molar-refractivity contribution in [2.75, 3.05) is 4.72 Å². The summed E-state index contributed by atoms with van der Waals surface area (Å²) in [4.78, 5) is 0.0791. The Morgan fingerprint density at radius 1 is 1.26 bits per heavy atom. The molecule has 0 radical (unpaired) electrons. The molecule has 3 rings (SSSR count). The van der Waals surface area contributed by atoms with Crippen LogP contribution in [-0.2, 0) is 10.0 Å². The molecule has 1 aromatic carbocycles. The maximum atomic E-state index is 12.5. The van der Waals surface area contributed by atoms with Gasteiger partial charge in [-0.2, -0.15) is 5.10 Å². The zero-order valence-corrected chi connectivity index (χ0v) is 14.2. The van der Waals surface area contributed by atoms with Crippen LogP contribution >= 0.6 is 0 Å². The van der Waals surface area contributed by atoms with Gasteiger partial charge in [0.2, 0.25) is 0 Å². The van der Waals surface area contributed by atoms with Gasteiger partial charge >= 0.3 is 0 Å². The number of hydrogen-bond acceptors (Lipinski definition) is 5. The minimum absolute atomic E-state index is 0.0791. The van der Waals surface area contributed by atoms with Crippen LogP contribution < -0.4 is 4.72 Å². The lowest BCUT2D eigenvalue weighted by Crippen LogP contribution is -2.14. The summed E-state index contributed by atoms with van der Waals surface area (Å²) in [7, 11) is -3.74. The standard InChI is InChI=1S/C15H18N4O3S/c1-9(2)19-8-12-7-13(5-6-14(12)16-19)18-23(20,21)15-10(3)17-22-11(15)4/h5-9,18H,1-4H3. The molecular formula is C15H18N4O3S. The zero-order chi connectivity index (χ0) is 16.8. The molecular weight excluding hydrogens is 316 g/mol. The van der Waals surface area contributed by atoms with Crippen LogP contribution in [-0.4, -0.2) is 23.4 Å². The Bertz CT molecular complexity index is 950. The molecule has 2 heterocycles. The molecule has 0 bridgehead atoms. The van der Waals surface area contributed by atoms with Gasteiger partial charge in [0.25, 0.3) is 10.0 Å². The van der Waals surface area contributed by atoms with E-state index in [0.717, 1.165) is 10.9 Å². The second-order valence-corrected chi connectivity index (χ2v) is 7.35. The number of nitrogens with one attached hydrogen (secondary N) is 1. The largest absolute Gasteiger partial charge is 0.360 e. The van der Waals surface area contributed by atoms with Crippen LogP contribution in [0, 0.1) is 13.8 Å². The highest BCUT2D eigenvalue weighted by Gasteiger charge is 2.24. The molecule has 0 saturated heterocycles. The van der Waals surface area contributed by atoms with E-state index in [1.165, 1.54) is 0 Å². The van der Waals surface area contributed by atoms with E-state index in [1.807, 2.05) is 24.7 Å². The third kappa shape index (κ3) is 2.81. The van der Waals surface area contributed by atoms with E-state index in [9.17, 15) is 8.42 Å². The molecule has 0 aliphatic rings. The van der Waals surface area contributed by atoms with Crippen molar-refractivity contribution in [1.82, 2.24) is 14.9 Å². The fraction of sp³-hybridized carbons (Fsp3) is 0.333.